The minimum absolute atomic E-state index is 1.09. The second-order valence-electron chi connectivity index (χ2n) is 16.2. The average molecular weight is 819 g/mol. The molecule has 1 aromatic heterocycles. The second-order valence-corrected chi connectivity index (χ2v) is 16.2. The molecular formula is C60H42N4. The Hall–Kier alpha value is -8.60. The Balaban J connectivity index is 0.971. The van der Waals surface area contributed by atoms with Crippen molar-refractivity contribution in [2.45, 2.75) is 0 Å². The molecule has 64 heavy (non-hydrogen) atoms. The summed E-state index contributed by atoms with van der Waals surface area (Å²) in [5.74, 6) is 0. The van der Waals surface area contributed by atoms with Crippen molar-refractivity contribution in [3.05, 3.63) is 255 Å². The largest absolute Gasteiger partial charge is 0.311 e. The highest BCUT2D eigenvalue weighted by atomic mass is 15.3. The van der Waals surface area contributed by atoms with Crippen molar-refractivity contribution in [3.63, 3.8) is 0 Å². The summed E-state index contributed by atoms with van der Waals surface area (Å²) >= 11 is 0. The van der Waals surface area contributed by atoms with Gasteiger partial charge in [-0.2, -0.15) is 0 Å². The van der Waals surface area contributed by atoms with Crippen LogP contribution in [0.5, 0.6) is 0 Å². The Labute approximate surface area is 373 Å². The van der Waals surface area contributed by atoms with Crippen LogP contribution in [0.4, 0.5) is 51.2 Å². The summed E-state index contributed by atoms with van der Waals surface area (Å²) < 4.78 is 2.38. The van der Waals surface area contributed by atoms with Gasteiger partial charge in [0.2, 0.25) is 0 Å². The molecule has 0 saturated carbocycles. The van der Waals surface area contributed by atoms with E-state index in [4.69, 9.17) is 0 Å². The number of nitrogens with zero attached hydrogens (tertiary/aromatic N) is 4. The lowest BCUT2D eigenvalue weighted by molar-refractivity contribution is 1.16. The van der Waals surface area contributed by atoms with Gasteiger partial charge < -0.3 is 19.3 Å². The van der Waals surface area contributed by atoms with Gasteiger partial charge in [0.15, 0.2) is 0 Å². The molecule has 0 N–H and O–H groups in total. The van der Waals surface area contributed by atoms with Crippen molar-refractivity contribution in [2.75, 3.05) is 14.7 Å². The van der Waals surface area contributed by atoms with E-state index in [0.29, 0.717) is 0 Å². The molecule has 11 aromatic rings. The Morgan fingerprint density at radius 2 is 0.703 bits per heavy atom. The van der Waals surface area contributed by atoms with Crippen molar-refractivity contribution in [3.8, 4) is 27.9 Å². The van der Waals surface area contributed by atoms with E-state index >= 15 is 0 Å². The molecule has 0 spiro atoms. The number of rotatable bonds is 8. The summed E-state index contributed by atoms with van der Waals surface area (Å²) in [6.45, 7) is 0. The predicted octanol–water partition coefficient (Wildman–Crippen LogP) is 16.8. The van der Waals surface area contributed by atoms with Crippen LogP contribution >= 0.6 is 0 Å². The Kier molecular flexibility index (Phi) is 9.12. The molecule has 0 amide bonds. The van der Waals surface area contributed by atoms with Crippen molar-refractivity contribution < 1.29 is 0 Å². The molecule has 0 atom stereocenters. The molecule has 4 nitrogen and oxygen atoms in total. The fraction of sp³-hybridized carbons (Fsp3) is 0. The number of hydrogen-bond donors (Lipinski definition) is 0. The van der Waals surface area contributed by atoms with Crippen molar-refractivity contribution in [1.29, 1.82) is 0 Å². The fourth-order valence-electron chi connectivity index (χ4n) is 9.52. The number of anilines is 9. The van der Waals surface area contributed by atoms with Gasteiger partial charge >= 0.3 is 0 Å². The molecule has 0 saturated heterocycles. The van der Waals surface area contributed by atoms with Gasteiger partial charge in [-0.25, -0.2) is 0 Å². The zero-order valence-corrected chi connectivity index (χ0v) is 35.0. The molecule has 4 heteroatoms. The first-order chi connectivity index (χ1) is 31.8. The van der Waals surface area contributed by atoms with Crippen molar-refractivity contribution in [1.82, 2.24) is 4.57 Å². The fourth-order valence-corrected chi connectivity index (χ4v) is 9.52. The maximum Gasteiger partial charge on any atom is 0.0709 e. The Morgan fingerprint density at radius 1 is 0.250 bits per heavy atom. The van der Waals surface area contributed by atoms with Gasteiger partial charge in [0.25, 0.3) is 0 Å². The average Bonchev–Trinajstić information content (AvgIpc) is 3.71. The first-order valence-corrected chi connectivity index (χ1v) is 21.8. The van der Waals surface area contributed by atoms with Gasteiger partial charge in [-0.1, -0.05) is 146 Å². The summed E-state index contributed by atoms with van der Waals surface area (Å²) in [4.78, 5) is 7.17. The van der Waals surface area contributed by atoms with Gasteiger partial charge in [-0.3, -0.25) is 0 Å². The first kappa shape index (κ1) is 37.2. The van der Waals surface area contributed by atoms with E-state index in [1.807, 2.05) is 0 Å². The van der Waals surface area contributed by atoms with E-state index in [2.05, 4.69) is 274 Å². The monoisotopic (exact) mass is 818 g/mol. The van der Waals surface area contributed by atoms with Crippen LogP contribution in [0.3, 0.4) is 0 Å². The third kappa shape index (κ3) is 6.40. The molecule has 0 unspecified atom stereocenters. The molecule has 0 fully saturated rings. The van der Waals surface area contributed by atoms with Gasteiger partial charge in [0, 0.05) is 44.9 Å². The quantitative estimate of drug-likeness (QED) is 0.152. The third-order valence-electron chi connectivity index (χ3n) is 12.5. The molecular weight excluding hydrogens is 777 g/mol. The SMILES string of the molecule is c1ccc(-c2ccc(N(c3ccccc3)c3ccc(-c4ccc5c(c4)N(c4ccccc4)c4ccccc4N5c4ccc5c(c4)c4ccccc4n5-c4ccccc4)cc3)cc2)cc1. The summed E-state index contributed by atoms with van der Waals surface area (Å²) in [7, 11) is 0. The number of fused-ring (bicyclic) bond motifs is 5. The molecule has 0 radical (unpaired) electrons. The maximum atomic E-state index is 2.44. The molecule has 0 aliphatic carbocycles. The highest BCUT2D eigenvalue weighted by molar-refractivity contribution is 6.12. The van der Waals surface area contributed by atoms with E-state index in [9.17, 15) is 0 Å². The van der Waals surface area contributed by atoms with Gasteiger partial charge in [0.05, 0.1) is 33.8 Å². The second kappa shape index (κ2) is 15.7. The molecule has 2 heterocycles. The smallest absolute Gasteiger partial charge is 0.0709 e. The standard InChI is InChI=1S/C60H42N4/c1-5-17-43(18-6-1)44-29-34-50(35-30-44)61(47-19-7-2-8-20-47)51-36-31-45(32-37-51)46-33-39-59-60(41-46)63(49-23-11-4-12-24-49)57-27-15-16-28-58(57)64(59)52-38-40-56-54(42-52)53-25-13-14-26-55(53)62(56)48-21-9-3-10-22-48/h1-42H. The summed E-state index contributed by atoms with van der Waals surface area (Å²) in [5, 5.41) is 2.45. The number of para-hydroxylation sites is 6. The predicted molar refractivity (Wildman–Crippen MR) is 269 cm³/mol. The Bertz CT molecular complexity index is 3420. The molecule has 10 aromatic carbocycles. The van der Waals surface area contributed by atoms with Crippen molar-refractivity contribution in [2.24, 2.45) is 0 Å². The molecule has 1 aliphatic heterocycles. The van der Waals surface area contributed by atoms with E-state index in [1.165, 1.54) is 32.9 Å². The normalized spacial score (nSPS) is 12.0. The molecule has 302 valence electrons. The summed E-state index contributed by atoms with van der Waals surface area (Å²) in [6.07, 6.45) is 0. The number of aromatic nitrogens is 1. The highest BCUT2D eigenvalue weighted by Gasteiger charge is 2.31. The first-order valence-electron chi connectivity index (χ1n) is 21.8. The summed E-state index contributed by atoms with van der Waals surface area (Å²) in [5.41, 5.74) is 18.2. The zero-order valence-electron chi connectivity index (χ0n) is 35.0. The van der Waals surface area contributed by atoms with E-state index < -0.39 is 0 Å². The van der Waals surface area contributed by atoms with Crippen LogP contribution in [0, 0.1) is 0 Å². The lowest BCUT2D eigenvalue weighted by Gasteiger charge is -2.40. The van der Waals surface area contributed by atoms with Crippen LogP contribution in [0.25, 0.3) is 49.7 Å². The van der Waals surface area contributed by atoms with Crippen LogP contribution < -0.4 is 14.7 Å². The topological polar surface area (TPSA) is 14.7 Å². The Morgan fingerprint density at radius 3 is 1.36 bits per heavy atom. The van der Waals surface area contributed by atoms with Crippen LogP contribution in [0.2, 0.25) is 0 Å². The van der Waals surface area contributed by atoms with Crippen LogP contribution in [0.15, 0.2) is 255 Å². The molecule has 0 bridgehead atoms. The van der Waals surface area contributed by atoms with Gasteiger partial charge in [-0.05, 0) is 131 Å². The minimum Gasteiger partial charge on any atom is -0.311 e. The number of hydrogen-bond acceptors (Lipinski definition) is 3. The van der Waals surface area contributed by atoms with E-state index in [1.54, 1.807) is 0 Å². The molecule has 12 rings (SSSR count). The van der Waals surface area contributed by atoms with Gasteiger partial charge in [0.1, 0.15) is 0 Å². The zero-order chi connectivity index (χ0) is 42.4. The van der Waals surface area contributed by atoms with Gasteiger partial charge in [-0.15, -0.1) is 0 Å². The van der Waals surface area contributed by atoms with Crippen LogP contribution in [0.1, 0.15) is 0 Å². The number of benzene rings is 10. The highest BCUT2D eigenvalue weighted by Crippen LogP contribution is 2.55. The lowest BCUT2D eigenvalue weighted by atomic mass is 9.99. The maximum absolute atomic E-state index is 2.44. The lowest BCUT2D eigenvalue weighted by Crippen LogP contribution is -2.24. The van der Waals surface area contributed by atoms with E-state index in [0.717, 1.165) is 68.0 Å². The summed E-state index contributed by atoms with van der Waals surface area (Å²) in [6, 6.07) is 91.8. The van der Waals surface area contributed by atoms with Crippen LogP contribution in [-0.2, 0) is 0 Å². The van der Waals surface area contributed by atoms with E-state index in [-0.39, 0.29) is 0 Å². The molecule has 1 aliphatic rings. The third-order valence-corrected chi connectivity index (χ3v) is 12.5. The minimum atomic E-state index is 1.09. The van der Waals surface area contributed by atoms with Crippen molar-refractivity contribution >= 4 is 73.0 Å². The van der Waals surface area contributed by atoms with Crippen LogP contribution in [-0.4, -0.2) is 4.57 Å².